The Labute approximate surface area is 162 Å². The lowest BCUT2D eigenvalue weighted by Gasteiger charge is -2.15. The molecule has 0 fully saturated rings. The number of ether oxygens (including phenoxy) is 1. The number of hydrogen-bond acceptors (Lipinski definition) is 6. The molecular formula is C21H21N3O4. The van der Waals surface area contributed by atoms with E-state index in [9.17, 15) is 14.7 Å². The number of aryl methyl sites for hydroxylation is 1. The Kier molecular flexibility index (Phi) is 5.86. The van der Waals surface area contributed by atoms with Crippen molar-refractivity contribution in [2.45, 2.75) is 20.1 Å². The van der Waals surface area contributed by atoms with Gasteiger partial charge in [-0.25, -0.2) is 9.78 Å². The van der Waals surface area contributed by atoms with Crippen LogP contribution in [0.15, 0.2) is 59.4 Å². The topological polar surface area (TPSA) is 107 Å². The van der Waals surface area contributed by atoms with Crippen LogP contribution in [0, 0.1) is 6.92 Å². The van der Waals surface area contributed by atoms with Gasteiger partial charge in [0.15, 0.2) is 5.56 Å². The van der Waals surface area contributed by atoms with E-state index in [1.807, 2.05) is 43.3 Å². The molecule has 0 unspecified atom stereocenters. The number of aromatic nitrogens is 2. The first-order valence-electron chi connectivity index (χ1n) is 8.81. The van der Waals surface area contributed by atoms with E-state index in [-0.39, 0.29) is 31.1 Å². The number of esters is 1. The number of aliphatic hydroxyl groups is 1. The highest BCUT2D eigenvalue weighted by molar-refractivity contribution is 5.94. The largest absolute Gasteiger partial charge is 0.457 e. The van der Waals surface area contributed by atoms with Gasteiger partial charge in [0.2, 0.25) is 0 Å². The first-order chi connectivity index (χ1) is 13.5. The highest BCUT2D eigenvalue weighted by Crippen LogP contribution is 2.22. The molecule has 0 amide bonds. The van der Waals surface area contributed by atoms with Gasteiger partial charge in [0, 0.05) is 5.56 Å². The second-order valence-electron chi connectivity index (χ2n) is 6.25. The van der Waals surface area contributed by atoms with Crippen molar-refractivity contribution < 1.29 is 14.6 Å². The van der Waals surface area contributed by atoms with Crippen LogP contribution in [-0.4, -0.2) is 27.2 Å². The summed E-state index contributed by atoms with van der Waals surface area (Å²) in [4.78, 5) is 29.8. The quantitative estimate of drug-likeness (QED) is 0.636. The summed E-state index contributed by atoms with van der Waals surface area (Å²) in [5.41, 5.74) is 7.36. The smallest absolute Gasteiger partial charge is 0.347 e. The molecular weight excluding hydrogens is 358 g/mol. The summed E-state index contributed by atoms with van der Waals surface area (Å²) in [5, 5.41) is 9.40. The standard InChI is InChI=1S/C21H21N3O4/c1-14-7-5-6-10-16(14)19-23-18(22)17(20(26)24(19)11-12-25)21(27)28-13-15-8-3-2-4-9-15/h2-10,25H,11-13,22H2,1H3. The second-order valence-corrected chi connectivity index (χ2v) is 6.25. The third kappa shape index (κ3) is 3.94. The number of carbonyl (C=O) groups is 1. The van der Waals surface area contributed by atoms with Crippen molar-refractivity contribution in [2.24, 2.45) is 0 Å². The number of carbonyl (C=O) groups excluding carboxylic acids is 1. The van der Waals surface area contributed by atoms with Gasteiger partial charge < -0.3 is 15.6 Å². The Balaban J connectivity index is 2.01. The number of rotatable bonds is 6. The fourth-order valence-corrected chi connectivity index (χ4v) is 2.90. The number of nitrogens with zero attached hydrogens (tertiary/aromatic N) is 2. The molecule has 0 radical (unpaired) electrons. The highest BCUT2D eigenvalue weighted by atomic mass is 16.5. The van der Waals surface area contributed by atoms with Crippen LogP contribution < -0.4 is 11.3 Å². The minimum atomic E-state index is -0.845. The summed E-state index contributed by atoms with van der Waals surface area (Å²) in [6, 6.07) is 16.5. The van der Waals surface area contributed by atoms with Crippen molar-refractivity contribution in [3.05, 3.63) is 81.6 Å². The maximum atomic E-state index is 13.0. The van der Waals surface area contributed by atoms with E-state index in [1.54, 1.807) is 18.2 Å². The summed E-state index contributed by atoms with van der Waals surface area (Å²) in [5.74, 6) is -0.744. The lowest BCUT2D eigenvalue weighted by Crippen LogP contribution is -2.32. The van der Waals surface area contributed by atoms with Crippen LogP contribution in [0.4, 0.5) is 5.82 Å². The average Bonchev–Trinajstić information content (AvgIpc) is 2.70. The van der Waals surface area contributed by atoms with Gasteiger partial charge in [-0.05, 0) is 18.1 Å². The number of hydrogen-bond donors (Lipinski definition) is 2. The molecule has 0 saturated carbocycles. The lowest BCUT2D eigenvalue weighted by atomic mass is 10.1. The zero-order chi connectivity index (χ0) is 20.1. The SMILES string of the molecule is Cc1ccccc1-c1nc(N)c(C(=O)OCc2ccccc2)c(=O)n1CCO. The molecule has 3 rings (SSSR count). The Bertz CT molecular complexity index is 1050. The van der Waals surface area contributed by atoms with Crippen molar-refractivity contribution in [1.82, 2.24) is 9.55 Å². The van der Waals surface area contributed by atoms with Crippen LogP contribution in [-0.2, 0) is 17.9 Å². The van der Waals surface area contributed by atoms with E-state index >= 15 is 0 Å². The zero-order valence-electron chi connectivity index (χ0n) is 15.5. The van der Waals surface area contributed by atoms with E-state index in [1.165, 1.54) is 4.57 Å². The lowest BCUT2D eigenvalue weighted by molar-refractivity contribution is 0.0470. The third-order valence-electron chi connectivity index (χ3n) is 4.32. The Morgan fingerprint density at radius 1 is 1.14 bits per heavy atom. The highest BCUT2D eigenvalue weighted by Gasteiger charge is 2.23. The second kappa shape index (κ2) is 8.49. The molecule has 0 bridgehead atoms. The van der Waals surface area contributed by atoms with Crippen LogP contribution in [0.25, 0.3) is 11.4 Å². The van der Waals surface area contributed by atoms with Gasteiger partial charge >= 0.3 is 5.97 Å². The summed E-state index contributed by atoms with van der Waals surface area (Å²) in [6.45, 7) is 1.58. The normalized spacial score (nSPS) is 10.6. The summed E-state index contributed by atoms with van der Waals surface area (Å²) >= 11 is 0. The number of anilines is 1. The summed E-state index contributed by atoms with van der Waals surface area (Å²) in [6.07, 6.45) is 0. The summed E-state index contributed by atoms with van der Waals surface area (Å²) < 4.78 is 6.49. The minimum absolute atomic E-state index is 0.0120. The van der Waals surface area contributed by atoms with E-state index in [2.05, 4.69) is 4.98 Å². The molecule has 0 aliphatic carbocycles. The number of nitrogen functional groups attached to an aromatic ring is 1. The monoisotopic (exact) mass is 379 g/mol. The first kappa shape index (κ1) is 19.3. The molecule has 1 aromatic heterocycles. The molecule has 0 aliphatic heterocycles. The fourth-order valence-electron chi connectivity index (χ4n) is 2.90. The van der Waals surface area contributed by atoms with Crippen LogP contribution in [0.3, 0.4) is 0 Å². The zero-order valence-corrected chi connectivity index (χ0v) is 15.5. The maximum absolute atomic E-state index is 13.0. The molecule has 2 aromatic carbocycles. The van der Waals surface area contributed by atoms with Gasteiger partial charge in [-0.1, -0.05) is 54.6 Å². The molecule has 0 aliphatic rings. The first-order valence-corrected chi connectivity index (χ1v) is 8.81. The van der Waals surface area contributed by atoms with Gasteiger partial charge in [0.05, 0.1) is 13.2 Å². The molecule has 3 aromatic rings. The molecule has 0 atom stereocenters. The van der Waals surface area contributed by atoms with Crippen molar-refractivity contribution >= 4 is 11.8 Å². The predicted octanol–water partition coefficient (Wildman–Crippen LogP) is 2.15. The molecule has 28 heavy (non-hydrogen) atoms. The Hall–Kier alpha value is -3.45. The van der Waals surface area contributed by atoms with Crippen LogP contribution in [0.5, 0.6) is 0 Å². The van der Waals surface area contributed by atoms with Gasteiger partial charge in [-0.15, -0.1) is 0 Å². The Morgan fingerprint density at radius 3 is 2.50 bits per heavy atom. The predicted molar refractivity (Wildman–Crippen MR) is 106 cm³/mol. The van der Waals surface area contributed by atoms with E-state index in [0.717, 1.165) is 11.1 Å². The van der Waals surface area contributed by atoms with Crippen molar-refractivity contribution in [3.8, 4) is 11.4 Å². The maximum Gasteiger partial charge on any atom is 0.347 e. The summed E-state index contributed by atoms with van der Waals surface area (Å²) in [7, 11) is 0. The van der Waals surface area contributed by atoms with Crippen molar-refractivity contribution in [2.75, 3.05) is 12.3 Å². The Morgan fingerprint density at radius 2 is 1.82 bits per heavy atom. The van der Waals surface area contributed by atoms with E-state index in [0.29, 0.717) is 11.4 Å². The minimum Gasteiger partial charge on any atom is -0.457 e. The van der Waals surface area contributed by atoms with Crippen LogP contribution in [0.2, 0.25) is 0 Å². The molecule has 3 N–H and O–H groups in total. The molecule has 7 nitrogen and oxygen atoms in total. The van der Waals surface area contributed by atoms with E-state index in [4.69, 9.17) is 10.5 Å². The fraction of sp³-hybridized carbons (Fsp3) is 0.190. The molecule has 1 heterocycles. The third-order valence-corrected chi connectivity index (χ3v) is 4.32. The van der Waals surface area contributed by atoms with Crippen molar-refractivity contribution in [3.63, 3.8) is 0 Å². The van der Waals surface area contributed by atoms with Crippen LogP contribution >= 0.6 is 0 Å². The van der Waals surface area contributed by atoms with Gasteiger partial charge in [-0.2, -0.15) is 0 Å². The molecule has 0 saturated heterocycles. The number of aliphatic hydroxyl groups excluding tert-OH is 1. The van der Waals surface area contributed by atoms with Gasteiger partial charge in [-0.3, -0.25) is 9.36 Å². The van der Waals surface area contributed by atoms with Gasteiger partial charge in [0.1, 0.15) is 18.2 Å². The average molecular weight is 379 g/mol. The van der Waals surface area contributed by atoms with Crippen LogP contribution in [0.1, 0.15) is 21.5 Å². The van der Waals surface area contributed by atoms with Crippen molar-refractivity contribution in [1.29, 1.82) is 0 Å². The molecule has 144 valence electrons. The molecule has 0 spiro atoms. The number of benzene rings is 2. The van der Waals surface area contributed by atoms with Gasteiger partial charge in [0.25, 0.3) is 5.56 Å². The van der Waals surface area contributed by atoms with E-state index < -0.39 is 11.5 Å². The molecule has 7 heteroatoms. The number of nitrogens with two attached hydrogens (primary N) is 1.